The van der Waals surface area contributed by atoms with E-state index in [4.69, 9.17) is 9.94 Å². The minimum absolute atomic E-state index is 0.0613. The van der Waals surface area contributed by atoms with Crippen molar-refractivity contribution in [2.45, 2.75) is 13.3 Å². The number of carbonyl (C=O) groups excluding carboxylic acids is 1. The molecule has 0 spiro atoms. The number of carbonyl (C=O) groups is 2. The Bertz CT molecular complexity index is 425. The van der Waals surface area contributed by atoms with Crippen molar-refractivity contribution >= 4 is 17.5 Å². The smallest absolute Gasteiger partial charge is 0.353 e. The molecule has 17 heavy (non-hydrogen) atoms. The van der Waals surface area contributed by atoms with E-state index >= 15 is 0 Å². The molecule has 5 nitrogen and oxygen atoms in total. The third-order valence-electron chi connectivity index (χ3n) is 2.03. The van der Waals surface area contributed by atoms with Crippen LogP contribution in [-0.4, -0.2) is 29.2 Å². The molecule has 1 N–H and O–H groups in total. The Morgan fingerprint density at radius 2 is 1.94 bits per heavy atom. The molecular weight excluding hydrogens is 222 g/mol. The van der Waals surface area contributed by atoms with Crippen LogP contribution in [0.1, 0.15) is 23.7 Å². The molecule has 0 amide bonds. The van der Waals surface area contributed by atoms with E-state index in [0.29, 0.717) is 5.56 Å². The highest BCUT2D eigenvalue weighted by Crippen LogP contribution is 2.02. The molecule has 0 aliphatic carbocycles. The monoisotopic (exact) mass is 235 g/mol. The van der Waals surface area contributed by atoms with E-state index in [0.717, 1.165) is 0 Å². The molecule has 0 aliphatic rings. The summed E-state index contributed by atoms with van der Waals surface area (Å²) in [6.07, 6.45) is 0.167. The highest BCUT2D eigenvalue weighted by molar-refractivity contribution is 6.34. The molecule has 1 rings (SSSR count). The number of carboxylic acids is 1. The van der Waals surface area contributed by atoms with Gasteiger partial charge < -0.3 is 9.94 Å². The van der Waals surface area contributed by atoms with Gasteiger partial charge in [0.1, 0.15) is 6.61 Å². The van der Waals surface area contributed by atoms with E-state index in [1.54, 1.807) is 24.3 Å². The third-order valence-corrected chi connectivity index (χ3v) is 2.03. The second-order valence-electron chi connectivity index (χ2n) is 3.35. The fraction of sp³-hybridized carbons (Fsp3) is 0.250. The standard InChI is InChI=1S/C12H13NO4/c1-9(12(15)16)13-17-8-7-11(14)10-5-3-2-4-6-10/h2-6H,7-8H2,1H3,(H,15,16)/b13-9-. The molecule has 0 bridgehead atoms. The highest BCUT2D eigenvalue weighted by Gasteiger charge is 2.05. The third kappa shape index (κ3) is 4.46. The van der Waals surface area contributed by atoms with Gasteiger partial charge in [-0.05, 0) is 6.92 Å². The van der Waals surface area contributed by atoms with E-state index in [1.807, 2.05) is 6.07 Å². The summed E-state index contributed by atoms with van der Waals surface area (Å²) in [7, 11) is 0. The van der Waals surface area contributed by atoms with Gasteiger partial charge in [-0.1, -0.05) is 35.5 Å². The largest absolute Gasteiger partial charge is 0.477 e. The molecule has 0 unspecified atom stereocenters. The summed E-state index contributed by atoms with van der Waals surface area (Å²) >= 11 is 0. The summed E-state index contributed by atoms with van der Waals surface area (Å²) in [6.45, 7) is 1.39. The van der Waals surface area contributed by atoms with Crippen LogP contribution in [-0.2, 0) is 9.63 Å². The molecule has 0 radical (unpaired) electrons. The van der Waals surface area contributed by atoms with Gasteiger partial charge in [0.15, 0.2) is 11.5 Å². The first-order valence-corrected chi connectivity index (χ1v) is 5.09. The van der Waals surface area contributed by atoms with Crippen LogP contribution in [0.25, 0.3) is 0 Å². The second-order valence-corrected chi connectivity index (χ2v) is 3.35. The maximum Gasteiger partial charge on any atom is 0.353 e. The molecule has 0 heterocycles. The van der Waals surface area contributed by atoms with E-state index in [-0.39, 0.29) is 24.5 Å². The lowest BCUT2D eigenvalue weighted by atomic mass is 10.1. The van der Waals surface area contributed by atoms with Gasteiger partial charge in [-0.3, -0.25) is 4.79 Å². The van der Waals surface area contributed by atoms with Crippen LogP contribution in [0, 0.1) is 0 Å². The van der Waals surface area contributed by atoms with Gasteiger partial charge in [0.2, 0.25) is 0 Å². The number of Topliss-reactive ketones (excluding diaryl/α,β-unsaturated/α-hetero) is 1. The number of oxime groups is 1. The normalized spacial score (nSPS) is 11.0. The van der Waals surface area contributed by atoms with Crippen molar-refractivity contribution in [1.29, 1.82) is 0 Å². The fourth-order valence-electron chi connectivity index (χ4n) is 1.09. The molecule has 0 aromatic heterocycles. The zero-order valence-corrected chi connectivity index (χ0v) is 9.42. The number of aliphatic carboxylic acids is 1. The minimum Gasteiger partial charge on any atom is -0.477 e. The van der Waals surface area contributed by atoms with Gasteiger partial charge in [0, 0.05) is 12.0 Å². The molecule has 90 valence electrons. The number of carboxylic acid groups (broad SMARTS) is 1. The van der Waals surface area contributed by atoms with Crippen LogP contribution >= 0.6 is 0 Å². The Labute approximate surface area is 98.7 Å². The Balaban J connectivity index is 2.35. The lowest BCUT2D eigenvalue weighted by molar-refractivity contribution is -0.129. The number of benzene rings is 1. The summed E-state index contributed by atoms with van der Waals surface area (Å²) in [4.78, 5) is 26.7. The van der Waals surface area contributed by atoms with E-state index in [2.05, 4.69) is 5.16 Å². The maximum absolute atomic E-state index is 11.6. The Morgan fingerprint density at radius 3 is 2.53 bits per heavy atom. The van der Waals surface area contributed by atoms with Gasteiger partial charge in [-0.25, -0.2) is 4.79 Å². The first-order valence-electron chi connectivity index (χ1n) is 5.09. The number of hydrogen-bond donors (Lipinski definition) is 1. The van der Waals surface area contributed by atoms with Crippen molar-refractivity contribution in [2.75, 3.05) is 6.61 Å². The number of rotatable bonds is 6. The maximum atomic E-state index is 11.6. The van der Waals surface area contributed by atoms with Crippen LogP contribution in [0.5, 0.6) is 0 Å². The van der Waals surface area contributed by atoms with Crippen LogP contribution in [0.15, 0.2) is 35.5 Å². The number of nitrogens with zero attached hydrogens (tertiary/aromatic N) is 1. The summed E-state index contributed by atoms with van der Waals surface area (Å²) in [5.74, 6) is -1.20. The van der Waals surface area contributed by atoms with Crippen molar-refractivity contribution in [3.63, 3.8) is 0 Å². The molecule has 5 heteroatoms. The predicted octanol–water partition coefficient (Wildman–Crippen LogP) is 1.74. The van der Waals surface area contributed by atoms with Crippen molar-refractivity contribution in [1.82, 2.24) is 0 Å². The Morgan fingerprint density at radius 1 is 1.29 bits per heavy atom. The average molecular weight is 235 g/mol. The zero-order chi connectivity index (χ0) is 12.7. The number of ketones is 1. The molecule has 0 aliphatic heterocycles. The lowest BCUT2D eigenvalue weighted by Crippen LogP contribution is -2.09. The van der Waals surface area contributed by atoms with Gasteiger partial charge in [-0.15, -0.1) is 0 Å². The lowest BCUT2D eigenvalue weighted by Gasteiger charge is -2.00. The van der Waals surface area contributed by atoms with Crippen molar-refractivity contribution in [3.05, 3.63) is 35.9 Å². The van der Waals surface area contributed by atoms with Gasteiger partial charge in [0.05, 0.1) is 0 Å². The second kappa shape index (κ2) is 6.42. The van der Waals surface area contributed by atoms with Crippen LogP contribution in [0.4, 0.5) is 0 Å². The van der Waals surface area contributed by atoms with Crippen LogP contribution < -0.4 is 0 Å². The van der Waals surface area contributed by atoms with E-state index in [9.17, 15) is 9.59 Å². The molecule has 1 aromatic rings. The van der Waals surface area contributed by atoms with E-state index in [1.165, 1.54) is 6.92 Å². The van der Waals surface area contributed by atoms with Crippen LogP contribution in [0.3, 0.4) is 0 Å². The first kappa shape index (κ1) is 12.9. The molecule has 0 atom stereocenters. The van der Waals surface area contributed by atoms with Crippen molar-refractivity contribution < 1.29 is 19.5 Å². The quantitative estimate of drug-likeness (QED) is 0.352. The molecule has 0 saturated heterocycles. The predicted molar refractivity (Wildman–Crippen MR) is 62.1 cm³/mol. The number of hydrogen-bond acceptors (Lipinski definition) is 4. The topological polar surface area (TPSA) is 76.0 Å². The van der Waals surface area contributed by atoms with E-state index < -0.39 is 5.97 Å². The zero-order valence-electron chi connectivity index (χ0n) is 9.42. The van der Waals surface area contributed by atoms with Crippen LogP contribution in [0.2, 0.25) is 0 Å². The summed E-state index contributed by atoms with van der Waals surface area (Å²) in [5.41, 5.74) is 0.465. The summed E-state index contributed by atoms with van der Waals surface area (Å²) < 4.78 is 0. The molecule has 1 aromatic carbocycles. The molecule has 0 fully saturated rings. The fourth-order valence-corrected chi connectivity index (χ4v) is 1.09. The summed E-state index contributed by atoms with van der Waals surface area (Å²) in [5, 5.41) is 11.8. The van der Waals surface area contributed by atoms with Gasteiger partial charge in [0.25, 0.3) is 0 Å². The minimum atomic E-state index is -1.14. The molecule has 0 saturated carbocycles. The SMILES string of the molecule is C/C(=N/OCCC(=O)c1ccccc1)C(=O)O. The van der Waals surface area contributed by atoms with Gasteiger partial charge >= 0.3 is 5.97 Å². The first-order chi connectivity index (χ1) is 8.11. The average Bonchev–Trinajstić information content (AvgIpc) is 2.35. The Kier molecular flexibility index (Phi) is 4.87. The van der Waals surface area contributed by atoms with Gasteiger partial charge in [-0.2, -0.15) is 0 Å². The Hall–Kier alpha value is -2.17. The molecular formula is C12H13NO4. The van der Waals surface area contributed by atoms with Crippen molar-refractivity contribution in [2.24, 2.45) is 5.16 Å². The highest BCUT2D eigenvalue weighted by atomic mass is 16.6. The van der Waals surface area contributed by atoms with Crippen molar-refractivity contribution in [3.8, 4) is 0 Å². The summed E-state index contributed by atoms with van der Waals surface area (Å²) in [6, 6.07) is 8.82.